The van der Waals surface area contributed by atoms with Crippen LogP contribution in [0.25, 0.3) is 11.1 Å². The van der Waals surface area contributed by atoms with Crippen LogP contribution in [0.1, 0.15) is 16.8 Å². The SMILES string of the molecule is O=C(O)CCNC(=O)c1ccc(-c2cc(F)c(F)c(F)c2)cc1. The maximum absolute atomic E-state index is 13.2. The van der Waals surface area contributed by atoms with E-state index in [2.05, 4.69) is 5.32 Å². The topological polar surface area (TPSA) is 66.4 Å². The van der Waals surface area contributed by atoms with E-state index in [1.54, 1.807) is 0 Å². The summed E-state index contributed by atoms with van der Waals surface area (Å²) in [5.74, 6) is -5.62. The third-order valence-electron chi connectivity index (χ3n) is 3.09. The summed E-state index contributed by atoms with van der Waals surface area (Å²) >= 11 is 0. The number of carboxylic acid groups (broad SMARTS) is 1. The fourth-order valence-corrected chi connectivity index (χ4v) is 1.92. The Kier molecular flexibility index (Phi) is 5.00. The Labute approximate surface area is 129 Å². The van der Waals surface area contributed by atoms with E-state index in [0.717, 1.165) is 12.1 Å². The predicted molar refractivity (Wildman–Crippen MR) is 76.3 cm³/mol. The van der Waals surface area contributed by atoms with Crippen LogP contribution >= 0.6 is 0 Å². The molecule has 2 aromatic rings. The highest BCUT2D eigenvalue weighted by Crippen LogP contribution is 2.24. The van der Waals surface area contributed by atoms with E-state index in [1.165, 1.54) is 24.3 Å². The molecule has 23 heavy (non-hydrogen) atoms. The van der Waals surface area contributed by atoms with Crippen LogP contribution in [0.3, 0.4) is 0 Å². The van der Waals surface area contributed by atoms with Gasteiger partial charge in [-0.3, -0.25) is 9.59 Å². The van der Waals surface area contributed by atoms with Crippen molar-refractivity contribution in [1.29, 1.82) is 0 Å². The molecule has 0 fully saturated rings. The number of carbonyl (C=O) groups is 2. The van der Waals surface area contributed by atoms with Crippen LogP contribution in [-0.2, 0) is 4.79 Å². The van der Waals surface area contributed by atoms with Crippen LogP contribution in [-0.4, -0.2) is 23.5 Å². The van der Waals surface area contributed by atoms with Crippen molar-refractivity contribution < 1.29 is 27.9 Å². The average molecular weight is 323 g/mol. The number of hydrogen-bond donors (Lipinski definition) is 2. The number of carboxylic acids is 1. The number of aliphatic carboxylic acids is 1. The molecular weight excluding hydrogens is 311 g/mol. The first-order valence-corrected chi connectivity index (χ1v) is 6.63. The van der Waals surface area contributed by atoms with Crippen molar-refractivity contribution in [2.75, 3.05) is 6.54 Å². The van der Waals surface area contributed by atoms with Gasteiger partial charge in [-0.1, -0.05) is 12.1 Å². The van der Waals surface area contributed by atoms with Crippen LogP contribution in [0.15, 0.2) is 36.4 Å². The number of nitrogens with one attached hydrogen (secondary N) is 1. The van der Waals surface area contributed by atoms with Crippen LogP contribution in [0.5, 0.6) is 0 Å². The van der Waals surface area contributed by atoms with E-state index < -0.39 is 29.3 Å². The third kappa shape index (κ3) is 4.09. The highest BCUT2D eigenvalue weighted by atomic mass is 19.2. The maximum atomic E-state index is 13.2. The minimum Gasteiger partial charge on any atom is -0.481 e. The number of rotatable bonds is 5. The van der Waals surface area contributed by atoms with Crippen molar-refractivity contribution in [3.8, 4) is 11.1 Å². The van der Waals surface area contributed by atoms with Crippen LogP contribution in [0, 0.1) is 17.5 Å². The third-order valence-corrected chi connectivity index (χ3v) is 3.09. The quantitative estimate of drug-likeness (QED) is 0.831. The van der Waals surface area contributed by atoms with Crippen molar-refractivity contribution >= 4 is 11.9 Å². The second-order valence-electron chi connectivity index (χ2n) is 4.73. The van der Waals surface area contributed by atoms with Crippen molar-refractivity contribution in [2.45, 2.75) is 6.42 Å². The molecule has 0 saturated heterocycles. The van der Waals surface area contributed by atoms with Gasteiger partial charge in [-0.25, -0.2) is 13.2 Å². The Morgan fingerprint density at radius 1 is 0.957 bits per heavy atom. The Hall–Kier alpha value is -2.83. The fourth-order valence-electron chi connectivity index (χ4n) is 1.92. The first kappa shape index (κ1) is 16.5. The van der Waals surface area contributed by atoms with Crippen LogP contribution in [0.4, 0.5) is 13.2 Å². The standard InChI is InChI=1S/C16H12F3NO3/c17-12-7-11(8-13(18)15(12)19)9-1-3-10(4-2-9)16(23)20-6-5-14(21)22/h1-4,7-8H,5-6H2,(H,20,23)(H,21,22). The molecular formula is C16H12F3NO3. The largest absolute Gasteiger partial charge is 0.481 e. The summed E-state index contributed by atoms with van der Waals surface area (Å²) in [6, 6.07) is 7.48. The van der Waals surface area contributed by atoms with E-state index in [0.29, 0.717) is 5.56 Å². The Morgan fingerprint density at radius 3 is 2.04 bits per heavy atom. The zero-order valence-electron chi connectivity index (χ0n) is 11.8. The number of hydrogen-bond acceptors (Lipinski definition) is 2. The summed E-state index contributed by atoms with van der Waals surface area (Å²) in [7, 11) is 0. The molecule has 0 spiro atoms. The van der Waals surface area contributed by atoms with Gasteiger partial charge in [-0.05, 0) is 35.4 Å². The molecule has 1 amide bonds. The first-order valence-electron chi connectivity index (χ1n) is 6.63. The molecule has 0 atom stereocenters. The molecule has 2 rings (SSSR count). The van der Waals surface area contributed by atoms with Gasteiger partial charge in [0, 0.05) is 12.1 Å². The summed E-state index contributed by atoms with van der Waals surface area (Å²) in [4.78, 5) is 22.1. The normalized spacial score (nSPS) is 10.4. The molecule has 4 nitrogen and oxygen atoms in total. The average Bonchev–Trinajstić information content (AvgIpc) is 2.52. The molecule has 0 unspecified atom stereocenters. The summed E-state index contributed by atoms with van der Waals surface area (Å²) < 4.78 is 39.3. The Balaban J connectivity index is 2.13. The number of halogens is 3. The predicted octanol–water partition coefficient (Wildman–Crippen LogP) is 2.98. The molecule has 0 radical (unpaired) electrons. The second kappa shape index (κ2) is 6.95. The van der Waals surface area contributed by atoms with Gasteiger partial charge in [-0.2, -0.15) is 0 Å². The monoisotopic (exact) mass is 323 g/mol. The van der Waals surface area contributed by atoms with Gasteiger partial charge in [0.1, 0.15) is 0 Å². The molecule has 120 valence electrons. The summed E-state index contributed by atoms with van der Waals surface area (Å²) in [6.45, 7) is -0.00962. The molecule has 0 aliphatic heterocycles. The van der Waals surface area contributed by atoms with E-state index in [9.17, 15) is 22.8 Å². The molecule has 0 saturated carbocycles. The smallest absolute Gasteiger partial charge is 0.305 e. The van der Waals surface area contributed by atoms with E-state index in [4.69, 9.17) is 5.11 Å². The van der Waals surface area contributed by atoms with E-state index in [1.807, 2.05) is 0 Å². The van der Waals surface area contributed by atoms with Gasteiger partial charge in [0.25, 0.3) is 5.91 Å². The fraction of sp³-hybridized carbons (Fsp3) is 0.125. The van der Waals surface area contributed by atoms with Crippen molar-refractivity contribution in [2.24, 2.45) is 0 Å². The maximum Gasteiger partial charge on any atom is 0.305 e. The lowest BCUT2D eigenvalue weighted by Gasteiger charge is -2.06. The Morgan fingerprint density at radius 2 is 1.52 bits per heavy atom. The van der Waals surface area contributed by atoms with Gasteiger partial charge in [0.2, 0.25) is 0 Å². The van der Waals surface area contributed by atoms with E-state index in [-0.39, 0.29) is 24.1 Å². The lowest BCUT2D eigenvalue weighted by molar-refractivity contribution is -0.136. The van der Waals surface area contributed by atoms with Crippen LogP contribution < -0.4 is 5.32 Å². The van der Waals surface area contributed by atoms with Crippen molar-refractivity contribution in [1.82, 2.24) is 5.32 Å². The summed E-state index contributed by atoms with van der Waals surface area (Å²) in [5.41, 5.74) is 0.811. The molecule has 2 N–H and O–H groups in total. The minimum atomic E-state index is -1.54. The summed E-state index contributed by atoms with van der Waals surface area (Å²) in [5, 5.41) is 10.9. The van der Waals surface area contributed by atoms with Crippen molar-refractivity contribution in [3.05, 3.63) is 59.4 Å². The molecule has 0 heterocycles. The van der Waals surface area contributed by atoms with Crippen LogP contribution in [0.2, 0.25) is 0 Å². The molecule has 0 aliphatic carbocycles. The molecule has 0 bridgehead atoms. The molecule has 7 heteroatoms. The zero-order chi connectivity index (χ0) is 17.0. The molecule has 0 aliphatic rings. The lowest BCUT2D eigenvalue weighted by atomic mass is 10.0. The lowest BCUT2D eigenvalue weighted by Crippen LogP contribution is -2.25. The minimum absolute atomic E-state index is 0.00962. The number of benzene rings is 2. The number of carbonyl (C=O) groups excluding carboxylic acids is 1. The van der Waals surface area contributed by atoms with Gasteiger partial charge in [0.05, 0.1) is 6.42 Å². The second-order valence-corrected chi connectivity index (χ2v) is 4.73. The molecule has 0 aromatic heterocycles. The summed E-state index contributed by atoms with van der Waals surface area (Å²) in [6.07, 6.45) is -0.196. The van der Waals surface area contributed by atoms with Gasteiger partial charge in [-0.15, -0.1) is 0 Å². The van der Waals surface area contributed by atoms with Gasteiger partial charge >= 0.3 is 5.97 Å². The van der Waals surface area contributed by atoms with Crippen molar-refractivity contribution in [3.63, 3.8) is 0 Å². The highest BCUT2D eigenvalue weighted by molar-refractivity contribution is 5.94. The van der Waals surface area contributed by atoms with Gasteiger partial charge in [0.15, 0.2) is 17.5 Å². The first-order chi connectivity index (χ1) is 10.9. The van der Waals surface area contributed by atoms with Gasteiger partial charge < -0.3 is 10.4 Å². The molecule has 2 aromatic carbocycles. The highest BCUT2D eigenvalue weighted by Gasteiger charge is 2.12. The van der Waals surface area contributed by atoms with E-state index >= 15 is 0 Å². The zero-order valence-corrected chi connectivity index (χ0v) is 11.8. The Bertz CT molecular complexity index is 722. The number of amides is 1.